The van der Waals surface area contributed by atoms with Crippen LogP contribution in [0.2, 0.25) is 5.02 Å². The lowest BCUT2D eigenvalue weighted by Crippen LogP contribution is -2.22. The van der Waals surface area contributed by atoms with Gasteiger partial charge in [-0.15, -0.1) is 0 Å². The van der Waals surface area contributed by atoms with Gasteiger partial charge in [-0.1, -0.05) is 23.7 Å². The molecule has 0 radical (unpaired) electrons. The van der Waals surface area contributed by atoms with Gasteiger partial charge in [-0.05, 0) is 29.8 Å². The summed E-state index contributed by atoms with van der Waals surface area (Å²) < 4.78 is 56.1. The molecule has 3 aromatic rings. The summed E-state index contributed by atoms with van der Waals surface area (Å²) in [5, 5.41) is -0.289. The Morgan fingerprint density at radius 2 is 1.83 bits per heavy atom. The minimum absolute atomic E-state index is 0.0828. The van der Waals surface area contributed by atoms with Crippen molar-refractivity contribution >= 4 is 21.4 Å². The number of hydrogen-bond acceptors (Lipinski definition) is 5. The summed E-state index contributed by atoms with van der Waals surface area (Å²) in [6.45, 7) is -0.169. The van der Waals surface area contributed by atoms with Crippen molar-refractivity contribution in [2.45, 2.75) is 18.0 Å². The Bertz CT molecular complexity index is 1210. The summed E-state index contributed by atoms with van der Waals surface area (Å²) in [7, 11) is -3.31. The summed E-state index contributed by atoms with van der Waals surface area (Å²) >= 11 is 6.03. The van der Waals surface area contributed by atoms with Crippen LogP contribution in [0.25, 0.3) is 0 Å². The normalized spacial score (nSPS) is 11.4. The topological polar surface area (TPSA) is 78.3 Å². The highest BCUT2D eigenvalue weighted by Gasteiger charge is 2.13. The van der Waals surface area contributed by atoms with Crippen molar-refractivity contribution in [3.05, 3.63) is 86.9 Å². The highest BCUT2D eigenvalue weighted by molar-refractivity contribution is 7.90. The van der Waals surface area contributed by atoms with Gasteiger partial charge >= 0.3 is 0 Å². The number of nitrogens with zero attached hydrogens (tertiary/aromatic N) is 2. The van der Waals surface area contributed by atoms with Gasteiger partial charge in [0.2, 0.25) is 5.88 Å². The Morgan fingerprint density at radius 3 is 2.45 bits per heavy atom. The van der Waals surface area contributed by atoms with Crippen LogP contribution in [-0.4, -0.2) is 24.2 Å². The second-order valence-corrected chi connectivity index (χ2v) is 8.63. The van der Waals surface area contributed by atoms with E-state index in [9.17, 15) is 22.0 Å². The number of benzene rings is 2. The van der Waals surface area contributed by atoms with Gasteiger partial charge in [0.15, 0.2) is 14.9 Å². The fourth-order valence-corrected chi connectivity index (χ4v) is 3.33. The molecular weight excluding hydrogens is 426 g/mol. The Hall–Kier alpha value is -2.78. The maximum atomic E-state index is 13.7. The first kappa shape index (κ1) is 20.9. The van der Waals surface area contributed by atoms with Crippen LogP contribution in [0, 0.1) is 11.6 Å². The third kappa shape index (κ3) is 4.99. The zero-order valence-electron chi connectivity index (χ0n) is 15.1. The first-order valence-electron chi connectivity index (χ1n) is 8.26. The molecule has 152 valence electrons. The SMILES string of the molecule is CS(=O)(=O)c1ccc(Cn2cnc(OCc3ccc(F)cc3F)c(Cl)c2=O)cc1. The lowest BCUT2D eigenvalue weighted by molar-refractivity contribution is 0.286. The van der Waals surface area contributed by atoms with Crippen LogP contribution in [0.4, 0.5) is 8.78 Å². The van der Waals surface area contributed by atoms with Crippen molar-refractivity contribution in [3.8, 4) is 5.88 Å². The van der Waals surface area contributed by atoms with Crippen LogP contribution in [0.3, 0.4) is 0 Å². The first-order chi connectivity index (χ1) is 13.6. The largest absolute Gasteiger partial charge is 0.471 e. The third-order valence-electron chi connectivity index (χ3n) is 4.03. The number of hydrogen-bond donors (Lipinski definition) is 0. The first-order valence-corrected chi connectivity index (χ1v) is 10.5. The van der Waals surface area contributed by atoms with E-state index in [1.54, 1.807) is 12.1 Å². The summed E-state index contributed by atoms with van der Waals surface area (Å²) in [6, 6.07) is 9.08. The predicted octanol–water partition coefficient (Wildman–Crippen LogP) is 3.21. The molecule has 0 N–H and O–H groups in total. The van der Waals surface area contributed by atoms with Crippen molar-refractivity contribution < 1.29 is 21.9 Å². The van der Waals surface area contributed by atoms with Crippen molar-refractivity contribution in [1.82, 2.24) is 9.55 Å². The molecule has 0 aliphatic heterocycles. The fourth-order valence-electron chi connectivity index (χ4n) is 2.49. The average Bonchev–Trinajstić information content (AvgIpc) is 2.66. The van der Waals surface area contributed by atoms with Crippen LogP contribution in [0.1, 0.15) is 11.1 Å². The number of aromatic nitrogens is 2. The van der Waals surface area contributed by atoms with Gasteiger partial charge in [0.25, 0.3) is 5.56 Å². The van der Waals surface area contributed by atoms with E-state index < -0.39 is 27.0 Å². The molecule has 1 aromatic heterocycles. The molecule has 0 saturated carbocycles. The summed E-state index contributed by atoms with van der Waals surface area (Å²) in [4.78, 5) is 16.6. The van der Waals surface area contributed by atoms with E-state index in [0.717, 1.165) is 18.4 Å². The molecule has 3 rings (SSSR count). The van der Waals surface area contributed by atoms with Crippen LogP contribution in [0.15, 0.2) is 58.5 Å². The Kier molecular flexibility index (Phi) is 5.99. The highest BCUT2D eigenvalue weighted by Crippen LogP contribution is 2.19. The van der Waals surface area contributed by atoms with E-state index in [1.165, 1.54) is 29.1 Å². The standard InChI is InChI=1S/C19H15ClF2N2O4S/c1-29(26,27)15-6-2-12(3-7-15)9-24-11-23-18(17(20)19(24)25)28-10-13-4-5-14(21)8-16(13)22/h2-8,11H,9-10H2,1H3. The van der Waals surface area contributed by atoms with Crippen molar-refractivity contribution in [2.24, 2.45) is 0 Å². The Morgan fingerprint density at radius 1 is 1.14 bits per heavy atom. The average molecular weight is 441 g/mol. The summed E-state index contributed by atoms with van der Waals surface area (Å²) in [5.41, 5.74) is 0.169. The van der Waals surface area contributed by atoms with Crippen LogP contribution in [-0.2, 0) is 23.0 Å². The molecule has 10 heteroatoms. The lowest BCUT2D eigenvalue weighted by Gasteiger charge is -2.11. The van der Waals surface area contributed by atoms with Gasteiger partial charge < -0.3 is 4.74 Å². The smallest absolute Gasteiger partial charge is 0.276 e. The molecule has 29 heavy (non-hydrogen) atoms. The molecule has 0 atom stereocenters. The molecule has 0 fully saturated rings. The quantitative estimate of drug-likeness (QED) is 0.588. The van der Waals surface area contributed by atoms with Gasteiger partial charge in [0, 0.05) is 17.9 Å². The molecule has 1 heterocycles. The third-order valence-corrected chi connectivity index (χ3v) is 5.49. The maximum absolute atomic E-state index is 13.7. The Balaban J connectivity index is 1.76. The Labute approximate surface area is 170 Å². The van der Waals surface area contributed by atoms with Gasteiger partial charge in [0.05, 0.1) is 11.4 Å². The van der Waals surface area contributed by atoms with Gasteiger partial charge in [0.1, 0.15) is 24.6 Å². The van der Waals surface area contributed by atoms with E-state index >= 15 is 0 Å². The molecule has 0 spiro atoms. The molecule has 6 nitrogen and oxygen atoms in total. The van der Waals surface area contributed by atoms with E-state index in [0.29, 0.717) is 5.56 Å². The molecule has 0 amide bonds. The van der Waals surface area contributed by atoms with E-state index in [4.69, 9.17) is 16.3 Å². The number of rotatable bonds is 6. The van der Waals surface area contributed by atoms with Crippen LogP contribution < -0.4 is 10.3 Å². The summed E-state index contributed by atoms with van der Waals surface area (Å²) in [5.74, 6) is -1.68. The number of sulfone groups is 1. The number of halogens is 3. The molecule has 0 saturated heterocycles. The molecule has 0 bridgehead atoms. The number of ether oxygens (including phenoxy) is 1. The van der Waals surface area contributed by atoms with E-state index in [-0.39, 0.29) is 34.5 Å². The second kappa shape index (κ2) is 8.30. The minimum Gasteiger partial charge on any atom is -0.471 e. The molecule has 0 aliphatic rings. The van der Waals surface area contributed by atoms with Crippen molar-refractivity contribution in [3.63, 3.8) is 0 Å². The summed E-state index contributed by atoms with van der Waals surface area (Å²) in [6.07, 6.45) is 2.32. The van der Waals surface area contributed by atoms with Crippen LogP contribution in [0.5, 0.6) is 5.88 Å². The van der Waals surface area contributed by atoms with Crippen molar-refractivity contribution in [2.75, 3.05) is 6.26 Å². The predicted molar refractivity (Wildman–Crippen MR) is 103 cm³/mol. The van der Waals surface area contributed by atoms with Crippen LogP contribution >= 0.6 is 11.6 Å². The van der Waals surface area contributed by atoms with Gasteiger partial charge in [-0.25, -0.2) is 22.2 Å². The van der Waals surface area contributed by atoms with E-state index in [2.05, 4.69) is 4.98 Å². The minimum atomic E-state index is -3.31. The van der Waals surface area contributed by atoms with Gasteiger partial charge in [-0.2, -0.15) is 0 Å². The van der Waals surface area contributed by atoms with Crippen molar-refractivity contribution in [1.29, 1.82) is 0 Å². The second-order valence-electron chi connectivity index (χ2n) is 6.24. The zero-order chi connectivity index (χ0) is 21.2. The lowest BCUT2D eigenvalue weighted by atomic mass is 10.2. The molecule has 0 unspecified atom stereocenters. The monoisotopic (exact) mass is 440 g/mol. The zero-order valence-corrected chi connectivity index (χ0v) is 16.7. The fraction of sp³-hybridized carbons (Fsp3) is 0.158. The van der Waals surface area contributed by atoms with Gasteiger partial charge in [-0.3, -0.25) is 9.36 Å². The van der Waals surface area contributed by atoms with E-state index in [1.807, 2.05) is 0 Å². The maximum Gasteiger partial charge on any atom is 0.276 e. The molecule has 0 aliphatic carbocycles. The molecular formula is C19H15ClF2N2O4S. The highest BCUT2D eigenvalue weighted by atomic mass is 35.5. The molecule has 2 aromatic carbocycles.